The molecule has 3 rings (SSSR count). The highest BCUT2D eigenvalue weighted by Crippen LogP contribution is 2.38. The lowest BCUT2D eigenvalue weighted by Crippen LogP contribution is -2.37. The molecule has 1 saturated carbocycles. The van der Waals surface area contributed by atoms with Gasteiger partial charge >= 0.3 is 18.4 Å². The van der Waals surface area contributed by atoms with Crippen molar-refractivity contribution in [3.63, 3.8) is 0 Å². The number of sulfonamides is 1. The van der Waals surface area contributed by atoms with Gasteiger partial charge in [-0.15, -0.1) is 0 Å². The van der Waals surface area contributed by atoms with Gasteiger partial charge in [-0.05, 0) is 88.8 Å². The van der Waals surface area contributed by atoms with E-state index >= 15 is 0 Å². The third-order valence-corrected chi connectivity index (χ3v) is 7.55. The number of pyridine rings is 1. The average molecular weight is 621 g/mol. The van der Waals surface area contributed by atoms with Crippen LogP contribution in [-0.2, 0) is 19.5 Å². The van der Waals surface area contributed by atoms with E-state index in [4.69, 9.17) is 21.1 Å². The van der Waals surface area contributed by atoms with Crippen LogP contribution >= 0.6 is 11.6 Å². The van der Waals surface area contributed by atoms with Crippen LogP contribution in [0.15, 0.2) is 41.4 Å². The standard InChI is InChI=1S/C26H32ClF3N4O6S/c1-15(13-26(28,29)30)32-23(35)39-19-8-5-16(11-19)17-12-21(27)22(31-14-17)33-18-6-9-20(10-7-18)41(37,38)34-24(36)40-25(2,3)4/h6-7,9-10,12,14-16,19H,5,8,11,13H2,1-4H3,(H,31,33)(H,32,35)(H,34,36)/t15-,16?,19?/m0/s1. The molecular weight excluding hydrogens is 589 g/mol. The number of alkyl carbamates (subject to hydrolysis) is 1. The molecule has 2 aromatic rings. The lowest BCUT2D eigenvalue weighted by Gasteiger charge is -2.19. The Labute approximate surface area is 241 Å². The van der Waals surface area contributed by atoms with Crippen LogP contribution in [0.2, 0.25) is 5.02 Å². The van der Waals surface area contributed by atoms with Gasteiger partial charge in [0.1, 0.15) is 17.5 Å². The van der Waals surface area contributed by atoms with Crippen LogP contribution < -0.4 is 15.4 Å². The zero-order valence-corrected chi connectivity index (χ0v) is 24.4. The molecule has 3 N–H and O–H groups in total. The average Bonchev–Trinajstić information content (AvgIpc) is 3.26. The SMILES string of the molecule is C[C@@H](CC(F)(F)F)NC(=O)OC1CCC(c2cnc(Nc3ccc(S(=O)(=O)NC(=O)OC(C)(C)C)cc3)c(Cl)c2)C1. The van der Waals surface area contributed by atoms with Gasteiger partial charge in [0, 0.05) is 17.9 Å². The molecule has 2 amide bonds. The predicted molar refractivity (Wildman–Crippen MR) is 146 cm³/mol. The summed E-state index contributed by atoms with van der Waals surface area (Å²) < 4.78 is 74.5. The maximum absolute atomic E-state index is 12.5. The number of hydrogen-bond acceptors (Lipinski definition) is 8. The fourth-order valence-electron chi connectivity index (χ4n) is 4.22. The highest BCUT2D eigenvalue weighted by Gasteiger charge is 2.33. The third-order valence-electron chi connectivity index (χ3n) is 5.94. The molecule has 1 fully saturated rings. The summed E-state index contributed by atoms with van der Waals surface area (Å²) in [6.45, 7) is 6.09. The van der Waals surface area contributed by atoms with E-state index in [-0.39, 0.29) is 10.8 Å². The Morgan fingerprint density at radius 3 is 2.37 bits per heavy atom. The molecule has 1 aromatic heterocycles. The van der Waals surface area contributed by atoms with Crippen LogP contribution in [0.25, 0.3) is 0 Å². The molecule has 10 nitrogen and oxygen atoms in total. The number of amides is 2. The number of alkyl halides is 3. The van der Waals surface area contributed by atoms with Crippen molar-refractivity contribution >= 4 is 45.3 Å². The number of nitrogens with zero attached hydrogens (tertiary/aromatic N) is 1. The maximum atomic E-state index is 12.5. The summed E-state index contributed by atoms with van der Waals surface area (Å²) in [5.41, 5.74) is 0.440. The van der Waals surface area contributed by atoms with Gasteiger partial charge in [-0.1, -0.05) is 11.6 Å². The van der Waals surface area contributed by atoms with E-state index in [9.17, 15) is 31.2 Å². The Balaban J connectivity index is 1.55. The molecule has 1 aliphatic carbocycles. The molecule has 1 heterocycles. The number of benzene rings is 1. The normalized spacial score (nSPS) is 18.3. The molecule has 0 aliphatic heterocycles. The number of aromatic nitrogens is 1. The maximum Gasteiger partial charge on any atom is 0.421 e. The molecule has 0 bridgehead atoms. The van der Waals surface area contributed by atoms with Crippen molar-refractivity contribution in [2.24, 2.45) is 0 Å². The first-order valence-electron chi connectivity index (χ1n) is 12.7. The number of ether oxygens (including phenoxy) is 2. The van der Waals surface area contributed by atoms with E-state index < -0.39 is 52.6 Å². The number of carbonyl (C=O) groups excluding carboxylic acids is 2. The zero-order chi connectivity index (χ0) is 30.6. The van der Waals surface area contributed by atoms with Gasteiger partial charge < -0.3 is 20.1 Å². The fourth-order valence-corrected chi connectivity index (χ4v) is 5.32. The molecule has 1 aliphatic rings. The molecule has 3 atom stereocenters. The third kappa shape index (κ3) is 10.3. The summed E-state index contributed by atoms with van der Waals surface area (Å²) in [4.78, 5) is 28.1. The first-order valence-corrected chi connectivity index (χ1v) is 14.6. The van der Waals surface area contributed by atoms with Crippen molar-refractivity contribution in [2.45, 2.75) is 88.1 Å². The largest absolute Gasteiger partial charge is 0.446 e. The van der Waals surface area contributed by atoms with Gasteiger partial charge in [0.2, 0.25) is 0 Å². The van der Waals surface area contributed by atoms with Crippen molar-refractivity contribution in [3.8, 4) is 0 Å². The number of halogens is 4. The first kappa shape index (κ1) is 32.3. The van der Waals surface area contributed by atoms with Crippen molar-refractivity contribution in [3.05, 3.63) is 47.1 Å². The number of nitrogens with one attached hydrogen (secondary N) is 3. The lowest BCUT2D eigenvalue weighted by molar-refractivity contribution is -0.138. The van der Waals surface area contributed by atoms with Crippen LogP contribution in [-0.4, -0.2) is 49.5 Å². The molecule has 0 spiro atoms. The van der Waals surface area contributed by atoms with E-state index in [1.165, 1.54) is 31.2 Å². The van der Waals surface area contributed by atoms with Crippen LogP contribution in [0.4, 0.5) is 34.3 Å². The van der Waals surface area contributed by atoms with Crippen LogP contribution in [0.5, 0.6) is 0 Å². The van der Waals surface area contributed by atoms with Gasteiger partial charge in [-0.3, -0.25) is 0 Å². The smallest absolute Gasteiger partial charge is 0.421 e. The highest BCUT2D eigenvalue weighted by molar-refractivity contribution is 7.90. The van der Waals surface area contributed by atoms with Gasteiger partial charge in [0.05, 0.1) is 16.3 Å². The Bertz CT molecular complexity index is 1350. The van der Waals surface area contributed by atoms with Crippen molar-refractivity contribution in [1.82, 2.24) is 15.0 Å². The molecule has 0 saturated heterocycles. The summed E-state index contributed by atoms with van der Waals surface area (Å²) >= 11 is 6.43. The van der Waals surface area contributed by atoms with Crippen LogP contribution in [0.1, 0.15) is 64.9 Å². The second kappa shape index (κ2) is 12.7. The minimum absolute atomic E-state index is 0.0126. The Morgan fingerprint density at radius 2 is 1.78 bits per heavy atom. The van der Waals surface area contributed by atoms with Gasteiger partial charge in [-0.25, -0.2) is 27.7 Å². The van der Waals surface area contributed by atoms with Crippen LogP contribution in [0, 0.1) is 0 Å². The van der Waals surface area contributed by atoms with Crippen molar-refractivity contribution in [2.75, 3.05) is 5.32 Å². The number of rotatable bonds is 8. The first-order chi connectivity index (χ1) is 18.9. The molecule has 0 radical (unpaired) electrons. The lowest BCUT2D eigenvalue weighted by atomic mass is 9.99. The minimum atomic E-state index is -4.39. The van der Waals surface area contributed by atoms with E-state index in [0.29, 0.717) is 35.8 Å². The molecule has 15 heteroatoms. The predicted octanol–water partition coefficient (Wildman–Crippen LogP) is 6.40. The summed E-state index contributed by atoms with van der Waals surface area (Å²) in [6, 6.07) is 6.19. The minimum Gasteiger partial charge on any atom is -0.446 e. The second-order valence-corrected chi connectivity index (χ2v) is 12.8. The molecule has 226 valence electrons. The monoisotopic (exact) mass is 620 g/mol. The van der Waals surface area contributed by atoms with E-state index in [1.807, 2.05) is 4.72 Å². The summed E-state index contributed by atoms with van der Waals surface area (Å²) in [5.74, 6) is 0.308. The van der Waals surface area contributed by atoms with E-state index in [2.05, 4.69) is 15.6 Å². The zero-order valence-electron chi connectivity index (χ0n) is 22.8. The van der Waals surface area contributed by atoms with Gasteiger partial charge in [-0.2, -0.15) is 13.2 Å². The van der Waals surface area contributed by atoms with E-state index in [0.717, 1.165) is 5.56 Å². The quantitative estimate of drug-likeness (QED) is 0.309. The topological polar surface area (TPSA) is 136 Å². The highest BCUT2D eigenvalue weighted by atomic mass is 35.5. The van der Waals surface area contributed by atoms with Gasteiger partial charge in [0.25, 0.3) is 10.0 Å². The number of hydrogen-bond donors (Lipinski definition) is 3. The Hall–Kier alpha value is -3.26. The second-order valence-electron chi connectivity index (χ2n) is 10.8. The molecule has 41 heavy (non-hydrogen) atoms. The van der Waals surface area contributed by atoms with Crippen LogP contribution in [0.3, 0.4) is 0 Å². The Kier molecular flexibility index (Phi) is 10.0. The fraction of sp³-hybridized carbons (Fsp3) is 0.500. The van der Waals surface area contributed by atoms with Gasteiger partial charge in [0.15, 0.2) is 0 Å². The summed E-state index contributed by atoms with van der Waals surface area (Å²) in [7, 11) is -4.14. The number of carbonyl (C=O) groups is 2. The van der Waals surface area contributed by atoms with E-state index in [1.54, 1.807) is 33.0 Å². The molecule has 1 aromatic carbocycles. The van der Waals surface area contributed by atoms with Crippen molar-refractivity contribution in [1.29, 1.82) is 0 Å². The molecule has 2 unspecified atom stereocenters. The summed E-state index contributed by atoms with van der Waals surface area (Å²) in [6.07, 6.45) is -4.64. The molecular formula is C26H32ClF3N4O6S. The number of anilines is 2. The van der Waals surface area contributed by atoms with Crippen molar-refractivity contribution < 1.29 is 40.7 Å². The Morgan fingerprint density at radius 1 is 1.12 bits per heavy atom. The summed E-state index contributed by atoms with van der Waals surface area (Å²) in [5, 5.41) is 5.51.